The molecule has 2 nitrogen and oxygen atoms in total. The van der Waals surface area contributed by atoms with Crippen molar-refractivity contribution in [2.24, 2.45) is 0 Å². The molecule has 1 aromatic heterocycles. The summed E-state index contributed by atoms with van der Waals surface area (Å²) in [4.78, 5) is 2.31. The monoisotopic (exact) mass is 611 g/mol. The van der Waals surface area contributed by atoms with Gasteiger partial charge in [-0.05, 0) is 104 Å². The van der Waals surface area contributed by atoms with E-state index < -0.39 is 0 Å². The van der Waals surface area contributed by atoms with Crippen LogP contribution in [0.15, 0.2) is 180 Å². The number of anilines is 3. The topological polar surface area (TPSA) is 16.4 Å². The maximum atomic E-state index is 6.54. The molecule has 0 fully saturated rings. The number of benzene rings is 9. The van der Waals surface area contributed by atoms with Crippen molar-refractivity contribution in [3.63, 3.8) is 0 Å². The number of fused-ring (bicyclic) bond motifs is 4. The summed E-state index contributed by atoms with van der Waals surface area (Å²) in [6.45, 7) is 0. The first-order valence-corrected chi connectivity index (χ1v) is 16.4. The summed E-state index contributed by atoms with van der Waals surface area (Å²) in [5.41, 5.74) is 10.1. The lowest BCUT2D eigenvalue weighted by atomic mass is 9.85. The van der Waals surface area contributed by atoms with Gasteiger partial charge in [-0.2, -0.15) is 0 Å². The molecule has 9 aromatic carbocycles. The van der Waals surface area contributed by atoms with Crippen LogP contribution in [0.4, 0.5) is 17.1 Å². The van der Waals surface area contributed by atoms with Gasteiger partial charge >= 0.3 is 0 Å². The molecule has 224 valence electrons. The number of hydrogen-bond acceptors (Lipinski definition) is 2. The fourth-order valence-corrected chi connectivity index (χ4v) is 7.63. The van der Waals surface area contributed by atoms with Crippen LogP contribution in [0, 0.1) is 0 Å². The van der Waals surface area contributed by atoms with E-state index in [0.717, 1.165) is 44.4 Å². The molecule has 0 bridgehead atoms. The van der Waals surface area contributed by atoms with Crippen LogP contribution in [0.3, 0.4) is 0 Å². The normalized spacial score (nSPS) is 11.8. The van der Waals surface area contributed by atoms with Gasteiger partial charge in [0.15, 0.2) is 0 Å². The van der Waals surface area contributed by atoms with E-state index in [9.17, 15) is 0 Å². The van der Waals surface area contributed by atoms with Gasteiger partial charge in [0.1, 0.15) is 11.2 Å². The summed E-state index contributed by atoms with van der Waals surface area (Å²) < 4.78 is 6.54. The van der Waals surface area contributed by atoms with E-state index in [1.807, 2.05) is 6.07 Å². The molecule has 0 atom stereocenters. The predicted octanol–water partition coefficient (Wildman–Crippen LogP) is 13.3. The van der Waals surface area contributed by atoms with Gasteiger partial charge < -0.3 is 9.32 Å². The summed E-state index contributed by atoms with van der Waals surface area (Å²) in [7, 11) is 0. The molecular formula is C46H29NO. The molecule has 0 saturated carbocycles. The molecule has 0 saturated heterocycles. The van der Waals surface area contributed by atoms with E-state index >= 15 is 0 Å². The second kappa shape index (κ2) is 10.6. The van der Waals surface area contributed by atoms with Gasteiger partial charge in [-0.15, -0.1) is 0 Å². The first kappa shape index (κ1) is 26.8. The van der Waals surface area contributed by atoms with Crippen LogP contribution in [-0.4, -0.2) is 0 Å². The molecule has 0 unspecified atom stereocenters. The highest BCUT2D eigenvalue weighted by molar-refractivity contribution is 6.33. The smallest absolute Gasteiger partial charge is 0.143 e. The van der Waals surface area contributed by atoms with Crippen molar-refractivity contribution in [1.82, 2.24) is 0 Å². The van der Waals surface area contributed by atoms with Crippen molar-refractivity contribution in [2.75, 3.05) is 4.90 Å². The maximum Gasteiger partial charge on any atom is 0.143 e. The predicted molar refractivity (Wildman–Crippen MR) is 203 cm³/mol. The van der Waals surface area contributed by atoms with E-state index in [1.165, 1.54) is 49.2 Å². The fourth-order valence-electron chi connectivity index (χ4n) is 7.63. The van der Waals surface area contributed by atoms with Gasteiger partial charge in [-0.25, -0.2) is 0 Å². The molecule has 10 aromatic rings. The molecule has 0 aliphatic carbocycles. The van der Waals surface area contributed by atoms with Crippen molar-refractivity contribution in [3.8, 4) is 22.3 Å². The van der Waals surface area contributed by atoms with E-state index in [1.54, 1.807) is 0 Å². The van der Waals surface area contributed by atoms with Gasteiger partial charge in [-0.1, -0.05) is 115 Å². The number of nitrogens with zero attached hydrogens (tertiary/aromatic N) is 1. The Morgan fingerprint density at radius 1 is 0.354 bits per heavy atom. The quantitative estimate of drug-likeness (QED) is 0.180. The van der Waals surface area contributed by atoms with Crippen molar-refractivity contribution in [2.45, 2.75) is 0 Å². The molecule has 0 N–H and O–H groups in total. The van der Waals surface area contributed by atoms with Crippen LogP contribution in [0.2, 0.25) is 0 Å². The molecule has 1 heterocycles. The highest BCUT2D eigenvalue weighted by atomic mass is 16.3. The second-order valence-corrected chi connectivity index (χ2v) is 12.5. The van der Waals surface area contributed by atoms with E-state index in [2.05, 4.69) is 175 Å². The number of hydrogen-bond donors (Lipinski definition) is 0. The average molecular weight is 612 g/mol. The van der Waals surface area contributed by atoms with Crippen LogP contribution in [0.1, 0.15) is 0 Å². The van der Waals surface area contributed by atoms with E-state index in [-0.39, 0.29) is 0 Å². The Labute approximate surface area is 278 Å². The molecule has 10 rings (SSSR count). The third kappa shape index (κ3) is 4.06. The molecule has 0 spiro atoms. The van der Waals surface area contributed by atoms with Crippen LogP contribution < -0.4 is 4.90 Å². The van der Waals surface area contributed by atoms with Gasteiger partial charge in [0.05, 0.1) is 0 Å². The Kier molecular flexibility index (Phi) is 5.91. The lowest BCUT2D eigenvalue weighted by Crippen LogP contribution is -2.09. The minimum atomic E-state index is 0.924. The van der Waals surface area contributed by atoms with Gasteiger partial charge in [0.25, 0.3) is 0 Å². The Balaban J connectivity index is 1.23. The molecular weight excluding hydrogens is 583 g/mol. The highest BCUT2D eigenvalue weighted by Crippen LogP contribution is 2.47. The number of furan rings is 1. The maximum absolute atomic E-state index is 6.54. The van der Waals surface area contributed by atoms with Gasteiger partial charge in [0.2, 0.25) is 0 Å². The average Bonchev–Trinajstić information content (AvgIpc) is 3.54. The van der Waals surface area contributed by atoms with Crippen molar-refractivity contribution < 1.29 is 4.42 Å². The minimum absolute atomic E-state index is 0.924. The van der Waals surface area contributed by atoms with Crippen LogP contribution >= 0.6 is 0 Å². The number of para-hydroxylation sites is 3. The van der Waals surface area contributed by atoms with E-state index in [0.29, 0.717) is 0 Å². The Morgan fingerprint density at radius 3 is 1.58 bits per heavy atom. The molecule has 0 aliphatic heterocycles. The largest absolute Gasteiger partial charge is 0.455 e. The first-order valence-electron chi connectivity index (χ1n) is 16.4. The lowest BCUT2D eigenvalue weighted by molar-refractivity contribution is 0.673. The van der Waals surface area contributed by atoms with Gasteiger partial charge in [0, 0.05) is 38.6 Å². The zero-order chi connectivity index (χ0) is 31.6. The molecule has 2 heteroatoms. The minimum Gasteiger partial charge on any atom is -0.455 e. The third-order valence-electron chi connectivity index (χ3n) is 9.79. The highest BCUT2D eigenvalue weighted by Gasteiger charge is 2.20. The molecule has 0 amide bonds. The zero-order valence-corrected chi connectivity index (χ0v) is 26.1. The molecule has 0 aliphatic rings. The Bertz CT molecular complexity index is 2710. The van der Waals surface area contributed by atoms with Crippen molar-refractivity contribution in [3.05, 3.63) is 176 Å². The van der Waals surface area contributed by atoms with Gasteiger partial charge in [-0.3, -0.25) is 0 Å². The summed E-state index contributed by atoms with van der Waals surface area (Å²) in [5, 5.41) is 9.74. The van der Waals surface area contributed by atoms with Crippen molar-refractivity contribution in [1.29, 1.82) is 0 Å². The van der Waals surface area contributed by atoms with Crippen LogP contribution in [0.25, 0.3) is 76.5 Å². The second-order valence-electron chi connectivity index (χ2n) is 12.5. The van der Waals surface area contributed by atoms with E-state index in [4.69, 9.17) is 4.42 Å². The van der Waals surface area contributed by atoms with Crippen LogP contribution in [-0.2, 0) is 0 Å². The zero-order valence-electron chi connectivity index (χ0n) is 26.1. The Morgan fingerprint density at radius 2 is 0.896 bits per heavy atom. The summed E-state index contributed by atoms with van der Waals surface area (Å²) in [5.74, 6) is 0. The Hall–Kier alpha value is -6.38. The molecule has 48 heavy (non-hydrogen) atoms. The first-order chi connectivity index (χ1) is 23.8. The SMILES string of the molecule is c1ccc(-c2cc(-c3ccc(N(c4ccccc4)c4ccccc4)cc3)c3ccc4c5oc6ccccc6c5cc5ccc2c3c54)cc1. The standard InChI is InChI=1S/C46H29NO/c1-4-12-30(13-5-1)40-29-41(31-20-23-35(24-21-31)47(33-14-6-2-7-15-33)34-16-8-3-9-17-34)38-26-27-39-44-32(22-25-37(40)45(38)44)28-42-36-18-10-11-19-43(36)48-46(39)42/h1-29H. The lowest BCUT2D eigenvalue weighted by Gasteiger charge is -2.25. The van der Waals surface area contributed by atoms with Crippen molar-refractivity contribution >= 4 is 71.3 Å². The van der Waals surface area contributed by atoms with Crippen LogP contribution in [0.5, 0.6) is 0 Å². The number of rotatable bonds is 5. The summed E-state index contributed by atoms with van der Waals surface area (Å²) in [6, 6.07) is 63.1. The summed E-state index contributed by atoms with van der Waals surface area (Å²) in [6.07, 6.45) is 0. The summed E-state index contributed by atoms with van der Waals surface area (Å²) >= 11 is 0. The third-order valence-corrected chi connectivity index (χ3v) is 9.79. The molecule has 0 radical (unpaired) electrons. The fraction of sp³-hybridized carbons (Fsp3) is 0.